The fourth-order valence-corrected chi connectivity index (χ4v) is 0.376. The Balaban J connectivity index is -0.000000249. The Hall–Kier alpha value is -1.05. The monoisotopic (exact) mass is 168 g/mol. The van der Waals surface area contributed by atoms with Crippen LogP contribution in [0.2, 0.25) is 0 Å². The molecule has 0 bridgehead atoms. The van der Waals surface area contributed by atoms with Crippen molar-refractivity contribution < 1.29 is 9.53 Å². The van der Waals surface area contributed by atoms with Gasteiger partial charge in [0.05, 0.1) is 6.61 Å². The van der Waals surface area contributed by atoms with Crippen LogP contribution in [0.15, 0.2) is 25.8 Å². The van der Waals surface area contributed by atoms with E-state index < -0.39 is 0 Å². The van der Waals surface area contributed by atoms with Crippen LogP contribution in [0, 0.1) is 7.43 Å². The van der Waals surface area contributed by atoms with E-state index in [4.69, 9.17) is 0 Å². The minimum atomic E-state index is -0.330. The van der Waals surface area contributed by atoms with Gasteiger partial charge in [0, 0.05) is 13.5 Å². The number of esters is 1. The smallest absolute Gasteiger partial charge is 0.330 e. The maximum atomic E-state index is 10.3. The summed E-state index contributed by atoms with van der Waals surface area (Å²) in [5, 5.41) is 0. The lowest BCUT2D eigenvalue weighted by Crippen LogP contribution is -2.00. The lowest BCUT2D eigenvalue weighted by atomic mass is 10.4. The molecule has 0 aromatic carbocycles. The molecule has 68 valence electrons. The molecule has 0 spiro atoms. The van der Waals surface area contributed by atoms with Crippen LogP contribution in [-0.2, 0) is 9.53 Å². The summed E-state index contributed by atoms with van der Waals surface area (Å²) in [6.45, 7) is 11.8. The molecule has 12 heavy (non-hydrogen) atoms. The van der Waals surface area contributed by atoms with Gasteiger partial charge in [-0.3, -0.25) is 0 Å². The number of ether oxygens (including phenoxy) is 1. The molecule has 4 radical (unpaired) electrons. The first-order valence-corrected chi connectivity index (χ1v) is 3.60. The fraction of sp³-hybridized carbons (Fsp3) is 0.400. The summed E-state index contributed by atoms with van der Waals surface area (Å²) in [5.41, 5.74) is 0. The number of carbonyl (C=O) groups excluding carboxylic acids is 1. The molecule has 2 nitrogen and oxygen atoms in total. The van der Waals surface area contributed by atoms with Crippen LogP contribution in [0.5, 0.6) is 0 Å². The van der Waals surface area contributed by atoms with Gasteiger partial charge in [0.1, 0.15) is 0 Å². The Morgan fingerprint density at radius 2 is 2.00 bits per heavy atom. The summed E-state index contributed by atoms with van der Waals surface area (Å²) in [6, 6.07) is 0. The first kappa shape index (κ1) is 17.2. The van der Waals surface area contributed by atoms with Crippen LogP contribution in [0.3, 0.4) is 0 Å². The van der Waals surface area contributed by atoms with E-state index in [0.717, 1.165) is 12.8 Å². The van der Waals surface area contributed by atoms with E-state index in [1.807, 2.05) is 6.92 Å². The Kier molecular flexibility index (Phi) is 23.6. The van der Waals surface area contributed by atoms with Gasteiger partial charge in [0.2, 0.25) is 0 Å². The van der Waals surface area contributed by atoms with Crippen molar-refractivity contribution in [3.8, 4) is 0 Å². The number of rotatable bonds is 4. The summed E-state index contributed by atoms with van der Waals surface area (Å²) < 4.78 is 4.67. The number of hydrogen-bond acceptors (Lipinski definition) is 2. The quantitative estimate of drug-likeness (QED) is 0.279. The van der Waals surface area contributed by atoms with Crippen molar-refractivity contribution in [3.63, 3.8) is 0 Å². The zero-order valence-corrected chi connectivity index (χ0v) is 7.64. The Labute approximate surface area is 75.9 Å². The third-order valence-corrected chi connectivity index (χ3v) is 0.909. The van der Waals surface area contributed by atoms with Crippen LogP contribution >= 0.6 is 0 Å². The molecule has 0 unspecified atom stereocenters. The summed E-state index contributed by atoms with van der Waals surface area (Å²) in [6.07, 6.45) is 3.15. The zero-order chi connectivity index (χ0) is 9.11. The summed E-state index contributed by atoms with van der Waals surface area (Å²) in [5.74, 6) is -0.330. The minimum absolute atomic E-state index is 0. The van der Waals surface area contributed by atoms with Gasteiger partial charge >= 0.3 is 5.97 Å². The zero-order valence-electron chi connectivity index (χ0n) is 7.64. The van der Waals surface area contributed by atoms with Gasteiger partial charge in [-0.2, -0.15) is 0 Å². The molecule has 0 amide bonds. The molecular weight excluding hydrogens is 152 g/mol. The lowest BCUT2D eigenvalue weighted by Gasteiger charge is -1.97. The van der Waals surface area contributed by atoms with E-state index in [9.17, 15) is 4.79 Å². The van der Waals surface area contributed by atoms with Gasteiger partial charge in [-0.1, -0.05) is 19.9 Å². The van der Waals surface area contributed by atoms with Crippen molar-refractivity contribution in [3.05, 3.63) is 33.2 Å². The van der Waals surface area contributed by atoms with Gasteiger partial charge in [0.25, 0.3) is 0 Å². The van der Waals surface area contributed by atoms with Crippen molar-refractivity contribution >= 4 is 5.97 Å². The van der Waals surface area contributed by atoms with E-state index in [1.54, 1.807) is 0 Å². The van der Waals surface area contributed by atoms with E-state index in [1.165, 1.54) is 6.08 Å². The molecule has 2 heteroatoms. The predicted molar refractivity (Wildman–Crippen MR) is 50.6 cm³/mol. The van der Waals surface area contributed by atoms with Crippen molar-refractivity contribution in [1.29, 1.82) is 0 Å². The van der Waals surface area contributed by atoms with Crippen LogP contribution in [-0.4, -0.2) is 12.6 Å². The van der Waals surface area contributed by atoms with Crippen LogP contribution in [0.4, 0.5) is 0 Å². The number of unbranched alkanes of at least 4 members (excludes halogenated alkanes) is 1. The third kappa shape index (κ3) is 16.0. The predicted octanol–water partition coefficient (Wildman–Crippen LogP) is 2.40. The molecule has 0 N–H and O–H groups in total. The highest BCUT2D eigenvalue weighted by molar-refractivity contribution is 5.81. The molecule has 0 fully saturated rings. The van der Waals surface area contributed by atoms with Crippen molar-refractivity contribution in [1.82, 2.24) is 0 Å². The molecule has 0 aromatic heterocycles. The van der Waals surface area contributed by atoms with Crippen LogP contribution < -0.4 is 0 Å². The molecule has 0 atom stereocenters. The summed E-state index contributed by atoms with van der Waals surface area (Å²) >= 11 is 0. The molecule has 0 saturated heterocycles. The van der Waals surface area contributed by atoms with Gasteiger partial charge in [-0.15, -0.1) is 13.2 Å². The van der Waals surface area contributed by atoms with Crippen LogP contribution in [0.1, 0.15) is 19.8 Å². The highest BCUT2D eigenvalue weighted by Gasteiger charge is 1.91. The molecule has 0 aromatic rings. The SMILES string of the molecule is C=C.C=CC(=O)OCCCC.[C]. The van der Waals surface area contributed by atoms with Crippen molar-refractivity contribution in [2.24, 2.45) is 0 Å². The second-order valence-electron chi connectivity index (χ2n) is 1.73. The topological polar surface area (TPSA) is 26.3 Å². The van der Waals surface area contributed by atoms with Crippen LogP contribution in [0.25, 0.3) is 0 Å². The molecule has 0 aliphatic heterocycles. The van der Waals surface area contributed by atoms with Gasteiger partial charge in [-0.25, -0.2) is 4.79 Å². The van der Waals surface area contributed by atoms with Crippen molar-refractivity contribution in [2.75, 3.05) is 6.61 Å². The Bertz CT molecular complexity index is 108. The maximum absolute atomic E-state index is 10.3. The third-order valence-electron chi connectivity index (χ3n) is 0.909. The number of hydrogen-bond donors (Lipinski definition) is 0. The lowest BCUT2D eigenvalue weighted by molar-refractivity contribution is -0.137. The van der Waals surface area contributed by atoms with Crippen molar-refractivity contribution in [2.45, 2.75) is 19.8 Å². The maximum Gasteiger partial charge on any atom is 0.330 e. The van der Waals surface area contributed by atoms with E-state index in [2.05, 4.69) is 24.5 Å². The molecule has 0 heterocycles. The average Bonchev–Trinajstić information content (AvgIpc) is 2.08. The molecule has 0 aliphatic carbocycles. The molecular formula is C10H16O2. The second kappa shape index (κ2) is 16.5. The first-order valence-electron chi connectivity index (χ1n) is 3.60. The number of carbonyl (C=O) groups is 1. The van der Waals surface area contributed by atoms with E-state index in [-0.39, 0.29) is 13.4 Å². The normalized spacial score (nSPS) is 6.75. The Morgan fingerprint density at radius 3 is 2.33 bits per heavy atom. The molecule has 0 aliphatic rings. The van der Waals surface area contributed by atoms with Gasteiger partial charge in [0.15, 0.2) is 0 Å². The second-order valence-corrected chi connectivity index (χ2v) is 1.73. The minimum Gasteiger partial charge on any atom is -0.463 e. The summed E-state index contributed by atoms with van der Waals surface area (Å²) in [7, 11) is 0. The van der Waals surface area contributed by atoms with Gasteiger partial charge in [-0.05, 0) is 6.42 Å². The first-order chi connectivity index (χ1) is 5.31. The van der Waals surface area contributed by atoms with Gasteiger partial charge < -0.3 is 4.74 Å². The summed E-state index contributed by atoms with van der Waals surface area (Å²) in [4.78, 5) is 10.3. The molecule has 0 saturated carbocycles. The molecule has 0 rings (SSSR count). The fourth-order valence-electron chi connectivity index (χ4n) is 0.376. The largest absolute Gasteiger partial charge is 0.463 e. The average molecular weight is 168 g/mol. The van der Waals surface area contributed by atoms with E-state index in [0.29, 0.717) is 6.61 Å². The standard InChI is InChI=1S/C7H12O2.C2H4.C/c1-3-5-6-9-7(8)4-2;1-2;/h4H,2-3,5-6H2,1H3;1-2H2;. The highest BCUT2D eigenvalue weighted by atomic mass is 16.5. The Morgan fingerprint density at radius 1 is 1.50 bits per heavy atom. The highest BCUT2D eigenvalue weighted by Crippen LogP contribution is 1.88. The van der Waals surface area contributed by atoms with E-state index >= 15 is 0 Å².